The molecule has 0 unspecified atom stereocenters. The van der Waals surface area contributed by atoms with Gasteiger partial charge in [-0.15, -0.1) is 0 Å². The zero-order chi connectivity index (χ0) is 14.5. The first-order valence-electron chi connectivity index (χ1n) is 8.09. The molecule has 0 aromatic heterocycles. The SMILES string of the molecule is OC1CCC(CNCc2cccc3c2OCCCO3)CC1. The van der Waals surface area contributed by atoms with E-state index in [1.54, 1.807) is 0 Å². The smallest absolute Gasteiger partial charge is 0.165 e. The van der Waals surface area contributed by atoms with E-state index in [0.717, 1.165) is 69.9 Å². The fraction of sp³-hybridized carbons (Fsp3) is 0.647. The highest BCUT2D eigenvalue weighted by atomic mass is 16.5. The number of hydrogen-bond donors (Lipinski definition) is 2. The zero-order valence-corrected chi connectivity index (χ0v) is 12.5. The Morgan fingerprint density at radius 2 is 1.90 bits per heavy atom. The Bertz CT molecular complexity index is 455. The van der Waals surface area contributed by atoms with Gasteiger partial charge in [-0.25, -0.2) is 0 Å². The van der Waals surface area contributed by atoms with Crippen molar-refractivity contribution in [2.75, 3.05) is 19.8 Å². The van der Waals surface area contributed by atoms with Crippen LogP contribution < -0.4 is 14.8 Å². The quantitative estimate of drug-likeness (QED) is 0.895. The Hall–Kier alpha value is -1.26. The minimum atomic E-state index is -0.0725. The Balaban J connectivity index is 1.53. The van der Waals surface area contributed by atoms with E-state index in [4.69, 9.17) is 9.47 Å². The molecule has 1 aromatic rings. The van der Waals surface area contributed by atoms with Crippen molar-refractivity contribution in [2.45, 2.75) is 44.8 Å². The van der Waals surface area contributed by atoms with Crippen LogP contribution in [0.2, 0.25) is 0 Å². The van der Waals surface area contributed by atoms with E-state index >= 15 is 0 Å². The largest absolute Gasteiger partial charge is 0.490 e. The molecule has 0 saturated heterocycles. The molecule has 0 radical (unpaired) electrons. The average Bonchev–Trinajstić information content (AvgIpc) is 2.75. The minimum absolute atomic E-state index is 0.0725. The number of hydrogen-bond acceptors (Lipinski definition) is 4. The second kappa shape index (κ2) is 7.14. The van der Waals surface area contributed by atoms with E-state index < -0.39 is 0 Å². The van der Waals surface area contributed by atoms with Crippen molar-refractivity contribution in [1.29, 1.82) is 0 Å². The van der Waals surface area contributed by atoms with Crippen LogP contribution in [-0.2, 0) is 6.54 Å². The molecule has 3 rings (SSSR count). The molecule has 1 fully saturated rings. The Labute approximate surface area is 126 Å². The van der Waals surface area contributed by atoms with Crippen molar-refractivity contribution in [2.24, 2.45) is 5.92 Å². The van der Waals surface area contributed by atoms with Crippen molar-refractivity contribution in [3.05, 3.63) is 23.8 Å². The predicted octanol–water partition coefficient (Wildman–Crippen LogP) is 2.49. The molecule has 1 saturated carbocycles. The maximum absolute atomic E-state index is 9.54. The number of para-hydroxylation sites is 1. The normalized spacial score (nSPS) is 25.4. The van der Waals surface area contributed by atoms with Crippen molar-refractivity contribution < 1.29 is 14.6 Å². The Morgan fingerprint density at radius 1 is 1.10 bits per heavy atom. The first-order valence-corrected chi connectivity index (χ1v) is 8.09. The van der Waals surface area contributed by atoms with Gasteiger partial charge in [0.05, 0.1) is 19.3 Å². The molecule has 2 aliphatic rings. The lowest BCUT2D eigenvalue weighted by Gasteiger charge is -2.25. The summed E-state index contributed by atoms with van der Waals surface area (Å²) in [6.45, 7) is 3.28. The van der Waals surface area contributed by atoms with Crippen molar-refractivity contribution >= 4 is 0 Å². The van der Waals surface area contributed by atoms with Crippen molar-refractivity contribution in [3.8, 4) is 11.5 Å². The van der Waals surface area contributed by atoms with Crippen LogP contribution in [0, 0.1) is 5.92 Å². The average molecular weight is 291 g/mol. The highest BCUT2D eigenvalue weighted by molar-refractivity contribution is 5.47. The summed E-state index contributed by atoms with van der Waals surface area (Å²) in [5.74, 6) is 2.46. The molecular weight excluding hydrogens is 266 g/mol. The maximum atomic E-state index is 9.54. The minimum Gasteiger partial charge on any atom is -0.490 e. The van der Waals surface area contributed by atoms with Gasteiger partial charge < -0.3 is 19.9 Å². The third kappa shape index (κ3) is 3.89. The van der Waals surface area contributed by atoms with E-state index in [2.05, 4.69) is 11.4 Å². The van der Waals surface area contributed by atoms with Gasteiger partial charge in [0.15, 0.2) is 11.5 Å². The van der Waals surface area contributed by atoms with Crippen LogP contribution in [0.5, 0.6) is 11.5 Å². The standard InChI is InChI=1S/C17H25NO3/c19-15-7-5-13(6-8-15)11-18-12-14-3-1-4-16-17(14)21-10-2-9-20-16/h1,3-4,13,15,18-19H,2,5-12H2. The number of ether oxygens (including phenoxy) is 2. The highest BCUT2D eigenvalue weighted by Gasteiger charge is 2.19. The summed E-state index contributed by atoms with van der Waals surface area (Å²) in [6.07, 6.45) is 5.01. The highest BCUT2D eigenvalue weighted by Crippen LogP contribution is 2.33. The molecule has 2 N–H and O–H groups in total. The van der Waals surface area contributed by atoms with Crippen LogP contribution in [-0.4, -0.2) is 31.0 Å². The number of rotatable bonds is 4. The maximum Gasteiger partial charge on any atom is 0.165 e. The first kappa shape index (κ1) is 14.7. The van der Waals surface area contributed by atoms with Crippen LogP contribution in [0.4, 0.5) is 0 Å². The molecule has 0 atom stereocenters. The van der Waals surface area contributed by atoms with Gasteiger partial charge in [0.1, 0.15) is 0 Å². The lowest BCUT2D eigenvalue weighted by Crippen LogP contribution is -2.27. The molecule has 4 nitrogen and oxygen atoms in total. The van der Waals surface area contributed by atoms with Gasteiger partial charge in [0, 0.05) is 18.5 Å². The van der Waals surface area contributed by atoms with Gasteiger partial charge in [-0.1, -0.05) is 12.1 Å². The lowest BCUT2D eigenvalue weighted by molar-refractivity contribution is 0.108. The third-order valence-corrected chi connectivity index (χ3v) is 4.42. The number of aliphatic hydroxyl groups is 1. The number of benzene rings is 1. The molecule has 0 amide bonds. The van der Waals surface area contributed by atoms with E-state index in [1.165, 1.54) is 5.56 Å². The number of aliphatic hydroxyl groups excluding tert-OH is 1. The van der Waals surface area contributed by atoms with Crippen LogP contribution in [0.3, 0.4) is 0 Å². The van der Waals surface area contributed by atoms with E-state index in [-0.39, 0.29) is 6.10 Å². The lowest BCUT2D eigenvalue weighted by atomic mass is 9.87. The van der Waals surface area contributed by atoms with E-state index in [0.29, 0.717) is 5.92 Å². The van der Waals surface area contributed by atoms with Crippen molar-refractivity contribution in [1.82, 2.24) is 5.32 Å². The molecule has 0 bridgehead atoms. The van der Waals surface area contributed by atoms with Gasteiger partial charge in [-0.2, -0.15) is 0 Å². The van der Waals surface area contributed by atoms with Crippen LogP contribution >= 0.6 is 0 Å². The van der Waals surface area contributed by atoms with E-state index in [1.807, 2.05) is 12.1 Å². The monoisotopic (exact) mass is 291 g/mol. The van der Waals surface area contributed by atoms with Crippen LogP contribution in [0.1, 0.15) is 37.7 Å². The van der Waals surface area contributed by atoms with Gasteiger partial charge in [-0.05, 0) is 44.2 Å². The molecule has 116 valence electrons. The molecule has 4 heteroatoms. The fourth-order valence-corrected chi connectivity index (χ4v) is 3.15. The van der Waals surface area contributed by atoms with Crippen LogP contribution in [0.15, 0.2) is 18.2 Å². The Morgan fingerprint density at radius 3 is 2.76 bits per heavy atom. The summed E-state index contributed by atoms with van der Waals surface area (Å²) in [5.41, 5.74) is 1.17. The molecule has 1 aromatic carbocycles. The summed E-state index contributed by atoms with van der Waals surface area (Å²) in [4.78, 5) is 0. The molecule has 1 aliphatic heterocycles. The van der Waals surface area contributed by atoms with E-state index in [9.17, 15) is 5.11 Å². The van der Waals surface area contributed by atoms with Gasteiger partial charge in [0.25, 0.3) is 0 Å². The molecule has 1 heterocycles. The van der Waals surface area contributed by atoms with Gasteiger partial charge in [-0.3, -0.25) is 0 Å². The summed E-state index contributed by atoms with van der Waals surface area (Å²) in [5, 5.41) is 13.1. The summed E-state index contributed by atoms with van der Waals surface area (Å²) >= 11 is 0. The fourth-order valence-electron chi connectivity index (χ4n) is 3.15. The second-order valence-electron chi connectivity index (χ2n) is 6.10. The number of nitrogens with one attached hydrogen (secondary N) is 1. The molecule has 0 spiro atoms. The van der Waals surface area contributed by atoms with Crippen molar-refractivity contribution in [3.63, 3.8) is 0 Å². The molecule has 21 heavy (non-hydrogen) atoms. The first-order chi connectivity index (χ1) is 10.3. The van der Waals surface area contributed by atoms with Crippen LogP contribution in [0.25, 0.3) is 0 Å². The third-order valence-electron chi connectivity index (χ3n) is 4.42. The summed E-state index contributed by atoms with van der Waals surface area (Å²) in [7, 11) is 0. The summed E-state index contributed by atoms with van der Waals surface area (Å²) < 4.78 is 11.6. The molecular formula is C17H25NO3. The van der Waals surface area contributed by atoms with Gasteiger partial charge in [0.2, 0.25) is 0 Å². The molecule has 1 aliphatic carbocycles. The summed E-state index contributed by atoms with van der Waals surface area (Å²) in [6, 6.07) is 6.11. The zero-order valence-electron chi connectivity index (χ0n) is 12.5. The Kier molecular flexibility index (Phi) is 4.99. The second-order valence-corrected chi connectivity index (χ2v) is 6.10. The number of fused-ring (bicyclic) bond motifs is 1. The predicted molar refractivity (Wildman–Crippen MR) is 81.7 cm³/mol. The van der Waals surface area contributed by atoms with Gasteiger partial charge >= 0.3 is 0 Å². The topological polar surface area (TPSA) is 50.7 Å².